The zero-order valence-electron chi connectivity index (χ0n) is 19.3. The molecule has 1 amide bonds. The van der Waals surface area contributed by atoms with Crippen LogP contribution in [-0.4, -0.2) is 69.2 Å². The van der Waals surface area contributed by atoms with E-state index in [2.05, 4.69) is 16.5 Å². The van der Waals surface area contributed by atoms with Crippen LogP contribution in [0.1, 0.15) is 29.2 Å². The molecule has 2 aliphatic rings. The number of aliphatic carboxylic acids is 1. The molecule has 192 valence electrons. The summed E-state index contributed by atoms with van der Waals surface area (Å²) >= 11 is 0. The Bertz CT molecular complexity index is 1230. The molecule has 0 unspecified atom stereocenters. The van der Waals surface area contributed by atoms with Crippen molar-refractivity contribution in [3.8, 4) is 11.3 Å². The van der Waals surface area contributed by atoms with E-state index in [1.165, 1.54) is 12.3 Å². The Morgan fingerprint density at radius 3 is 2.36 bits per heavy atom. The Hall–Kier alpha value is -3.67. The molecule has 4 heterocycles. The average Bonchev–Trinajstić information content (AvgIpc) is 3.52. The SMILES string of the molecule is CN1CCn2c(-c3cccc(F)c3)cnc2C12CCN(C(=O)c1ccco1)CC2.O=C(O)C(F)(F)F. The summed E-state index contributed by atoms with van der Waals surface area (Å²) in [5.41, 5.74) is 1.57. The van der Waals surface area contributed by atoms with Gasteiger partial charge in [-0.2, -0.15) is 13.2 Å². The lowest BCUT2D eigenvalue weighted by Crippen LogP contribution is -2.57. The van der Waals surface area contributed by atoms with Gasteiger partial charge in [0.1, 0.15) is 11.6 Å². The molecule has 1 spiro atoms. The fourth-order valence-corrected chi connectivity index (χ4v) is 4.73. The summed E-state index contributed by atoms with van der Waals surface area (Å²) in [6.45, 7) is 2.99. The second-order valence-electron chi connectivity index (χ2n) is 8.65. The molecule has 3 aromatic rings. The number of furan rings is 1. The molecule has 1 N–H and O–H groups in total. The van der Waals surface area contributed by atoms with Crippen molar-refractivity contribution in [3.63, 3.8) is 0 Å². The molecular formula is C24H24F4N4O4. The van der Waals surface area contributed by atoms with Crippen LogP contribution in [0, 0.1) is 5.82 Å². The summed E-state index contributed by atoms with van der Waals surface area (Å²) in [4.78, 5) is 30.5. The predicted molar refractivity (Wildman–Crippen MR) is 119 cm³/mol. The highest BCUT2D eigenvalue weighted by Crippen LogP contribution is 2.41. The Balaban J connectivity index is 0.000000384. The molecule has 2 aromatic heterocycles. The van der Waals surface area contributed by atoms with E-state index in [4.69, 9.17) is 19.3 Å². The molecule has 1 fully saturated rings. The number of hydrogen-bond acceptors (Lipinski definition) is 5. The number of alkyl halides is 3. The summed E-state index contributed by atoms with van der Waals surface area (Å²) < 4.78 is 53.0. The first-order chi connectivity index (χ1) is 17.0. The molecular weight excluding hydrogens is 484 g/mol. The number of carboxylic acid groups (broad SMARTS) is 1. The number of nitrogens with zero attached hydrogens (tertiary/aromatic N) is 4. The van der Waals surface area contributed by atoms with E-state index in [1.54, 1.807) is 24.3 Å². The maximum Gasteiger partial charge on any atom is 0.490 e. The normalized spacial score (nSPS) is 17.3. The van der Waals surface area contributed by atoms with Crippen LogP contribution in [0.3, 0.4) is 0 Å². The van der Waals surface area contributed by atoms with E-state index in [-0.39, 0.29) is 17.3 Å². The number of carbonyl (C=O) groups excluding carboxylic acids is 1. The lowest BCUT2D eigenvalue weighted by molar-refractivity contribution is -0.192. The van der Waals surface area contributed by atoms with Gasteiger partial charge in [0.15, 0.2) is 5.76 Å². The fourth-order valence-electron chi connectivity index (χ4n) is 4.73. The van der Waals surface area contributed by atoms with Crippen LogP contribution in [0.4, 0.5) is 17.6 Å². The van der Waals surface area contributed by atoms with E-state index in [0.29, 0.717) is 18.8 Å². The number of likely N-dealkylation sites (N-methyl/N-ethyl adjacent to an activating group) is 1. The molecule has 2 aliphatic heterocycles. The van der Waals surface area contributed by atoms with E-state index in [9.17, 15) is 22.4 Å². The third-order valence-corrected chi connectivity index (χ3v) is 6.63. The summed E-state index contributed by atoms with van der Waals surface area (Å²) in [7, 11) is 2.13. The minimum absolute atomic E-state index is 0.0629. The van der Waals surface area contributed by atoms with Crippen LogP contribution < -0.4 is 0 Å². The highest BCUT2D eigenvalue weighted by Gasteiger charge is 2.46. The summed E-state index contributed by atoms with van der Waals surface area (Å²) in [5, 5.41) is 7.12. The van der Waals surface area contributed by atoms with Crippen molar-refractivity contribution in [2.24, 2.45) is 0 Å². The summed E-state index contributed by atoms with van der Waals surface area (Å²) in [6, 6.07) is 10.1. The van der Waals surface area contributed by atoms with Gasteiger partial charge in [-0.1, -0.05) is 12.1 Å². The predicted octanol–water partition coefficient (Wildman–Crippen LogP) is 3.99. The van der Waals surface area contributed by atoms with Crippen molar-refractivity contribution < 1.29 is 36.7 Å². The van der Waals surface area contributed by atoms with Crippen molar-refractivity contribution in [3.05, 3.63) is 66.3 Å². The Kier molecular flexibility index (Phi) is 6.90. The zero-order chi connectivity index (χ0) is 26.1. The van der Waals surface area contributed by atoms with Gasteiger partial charge in [0, 0.05) is 31.7 Å². The van der Waals surface area contributed by atoms with Gasteiger partial charge in [0.2, 0.25) is 0 Å². The van der Waals surface area contributed by atoms with E-state index in [0.717, 1.165) is 43.0 Å². The number of carboxylic acids is 1. The van der Waals surface area contributed by atoms with Gasteiger partial charge in [-0.05, 0) is 44.2 Å². The molecule has 8 nitrogen and oxygen atoms in total. The molecule has 0 saturated carbocycles. The van der Waals surface area contributed by atoms with Gasteiger partial charge in [-0.25, -0.2) is 14.2 Å². The minimum Gasteiger partial charge on any atom is -0.475 e. The van der Waals surface area contributed by atoms with Gasteiger partial charge in [-0.3, -0.25) is 9.69 Å². The standard InChI is InChI=1S/C22H23FN4O2.C2HF3O2/c1-25-11-12-27-18(16-4-2-5-17(23)14-16)15-24-21(27)22(25)7-9-26(10-8-22)20(28)19-6-3-13-29-19;3-2(4,5)1(6)7/h2-6,13-15H,7-12H2,1H3;(H,6,7). The Morgan fingerprint density at radius 2 is 1.78 bits per heavy atom. The van der Waals surface area contributed by atoms with Crippen molar-refractivity contribution in [2.45, 2.75) is 31.1 Å². The van der Waals surface area contributed by atoms with Crippen LogP contribution in [0.2, 0.25) is 0 Å². The molecule has 0 atom stereocenters. The molecule has 36 heavy (non-hydrogen) atoms. The number of aromatic nitrogens is 2. The first-order valence-corrected chi connectivity index (χ1v) is 11.2. The monoisotopic (exact) mass is 508 g/mol. The molecule has 5 rings (SSSR count). The smallest absolute Gasteiger partial charge is 0.475 e. The molecule has 0 aliphatic carbocycles. The van der Waals surface area contributed by atoms with Crippen LogP contribution in [-0.2, 0) is 16.9 Å². The topological polar surface area (TPSA) is 91.8 Å². The number of benzene rings is 1. The number of fused-ring (bicyclic) bond motifs is 2. The number of hydrogen-bond donors (Lipinski definition) is 1. The quantitative estimate of drug-likeness (QED) is 0.527. The summed E-state index contributed by atoms with van der Waals surface area (Å²) in [6.07, 6.45) is -0.102. The Morgan fingerprint density at radius 1 is 1.08 bits per heavy atom. The van der Waals surface area contributed by atoms with Crippen molar-refractivity contribution >= 4 is 11.9 Å². The van der Waals surface area contributed by atoms with Gasteiger partial charge in [0.05, 0.1) is 23.7 Å². The highest BCUT2D eigenvalue weighted by molar-refractivity contribution is 5.91. The van der Waals surface area contributed by atoms with Crippen molar-refractivity contribution in [1.29, 1.82) is 0 Å². The van der Waals surface area contributed by atoms with Crippen LogP contribution in [0.15, 0.2) is 53.3 Å². The number of halogens is 4. The van der Waals surface area contributed by atoms with Gasteiger partial charge in [-0.15, -0.1) is 0 Å². The van der Waals surface area contributed by atoms with E-state index < -0.39 is 12.1 Å². The third kappa shape index (κ3) is 4.85. The second-order valence-corrected chi connectivity index (χ2v) is 8.65. The summed E-state index contributed by atoms with van der Waals surface area (Å²) in [5.74, 6) is -1.67. The zero-order valence-corrected chi connectivity index (χ0v) is 19.3. The van der Waals surface area contributed by atoms with Crippen LogP contribution in [0.25, 0.3) is 11.3 Å². The van der Waals surface area contributed by atoms with Crippen LogP contribution >= 0.6 is 0 Å². The van der Waals surface area contributed by atoms with E-state index in [1.807, 2.05) is 17.2 Å². The maximum absolute atomic E-state index is 13.8. The number of amides is 1. The largest absolute Gasteiger partial charge is 0.490 e. The molecule has 1 saturated heterocycles. The van der Waals surface area contributed by atoms with Gasteiger partial charge in [0.25, 0.3) is 5.91 Å². The van der Waals surface area contributed by atoms with Crippen molar-refractivity contribution in [2.75, 3.05) is 26.7 Å². The number of carbonyl (C=O) groups is 2. The third-order valence-electron chi connectivity index (χ3n) is 6.63. The lowest BCUT2D eigenvalue weighted by Gasteiger charge is -2.49. The molecule has 0 bridgehead atoms. The minimum atomic E-state index is -5.08. The van der Waals surface area contributed by atoms with Gasteiger partial charge >= 0.3 is 12.1 Å². The molecule has 0 radical (unpaired) electrons. The van der Waals surface area contributed by atoms with E-state index >= 15 is 0 Å². The van der Waals surface area contributed by atoms with Gasteiger partial charge < -0.3 is 19.0 Å². The number of imidazole rings is 1. The number of piperidine rings is 1. The lowest BCUT2D eigenvalue weighted by atomic mass is 9.83. The maximum atomic E-state index is 13.8. The highest BCUT2D eigenvalue weighted by atomic mass is 19.4. The molecule has 1 aromatic carbocycles. The Labute approximate surface area is 203 Å². The average molecular weight is 508 g/mol. The van der Waals surface area contributed by atoms with Crippen LogP contribution in [0.5, 0.6) is 0 Å². The number of likely N-dealkylation sites (tertiary alicyclic amines) is 1. The first-order valence-electron chi connectivity index (χ1n) is 11.2. The fraction of sp³-hybridized carbons (Fsp3) is 0.375. The first kappa shape index (κ1) is 25.4. The van der Waals surface area contributed by atoms with Crippen molar-refractivity contribution in [1.82, 2.24) is 19.4 Å². The molecule has 12 heteroatoms. The second kappa shape index (κ2) is 9.76. The number of rotatable bonds is 2.